The van der Waals surface area contributed by atoms with Crippen LogP contribution < -0.4 is 10.1 Å². The first-order valence-corrected chi connectivity index (χ1v) is 5.76. The van der Waals surface area contributed by atoms with Gasteiger partial charge in [-0.3, -0.25) is 0 Å². The van der Waals surface area contributed by atoms with Crippen LogP contribution in [0, 0.1) is 6.92 Å². The molecule has 0 amide bonds. The zero-order chi connectivity index (χ0) is 13.8. The van der Waals surface area contributed by atoms with Crippen LogP contribution in [0.4, 0.5) is 8.78 Å². The quantitative estimate of drug-likeness (QED) is 0.881. The van der Waals surface area contributed by atoms with E-state index >= 15 is 0 Å². The summed E-state index contributed by atoms with van der Waals surface area (Å²) in [6.45, 7) is 7.93. The van der Waals surface area contributed by atoms with Crippen molar-refractivity contribution in [1.29, 1.82) is 0 Å². The van der Waals surface area contributed by atoms with Crippen LogP contribution in [0.15, 0.2) is 6.20 Å². The molecular formula is C12H19F2N3O. The number of hydrogen-bond acceptors (Lipinski definition) is 4. The van der Waals surface area contributed by atoms with Gasteiger partial charge in [-0.15, -0.1) is 0 Å². The summed E-state index contributed by atoms with van der Waals surface area (Å²) in [5, 5.41) is 3.31. The Morgan fingerprint density at radius 1 is 1.39 bits per heavy atom. The van der Waals surface area contributed by atoms with Crippen LogP contribution in [-0.2, 0) is 6.54 Å². The number of halogens is 2. The Morgan fingerprint density at radius 2 is 2.06 bits per heavy atom. The molecule has 18 heavy (non-hydrogen) atoms. The Labute approximate surface area is 106 Å². The van der Waals surface area contributed by atoms with E-state index in [1.807, 2.05) is 0 Å². The summed E-state index contributed by atoms with van der Waals surface area (Å²) in [6.07, 6.45) is -0.918. The van der Waals surface area contributed by atoms with E-state index in [4.69, 9.17) is 4.74 Å². The molecule has 0 aromatic carbocycles. The predicted molar refractivity (Wildman–Crippen MR) is 64.9 cm³/mol. The van der Waals surface area contributed by atoms with Crippen LogP contribution in [0.25, 0.3) is 0 Å². The van der Waals surface area contributed by atoms with Gasteiger partial charge in [-0.05, 0) is 27.7 Å². The van der Waals surface area contributed by atoms with Gasteiger partial charge in [0.1, 0.15) is 0 Å². The topological polar surface area (TPSA) is 47.0 Å². The standard InChI is InChI=1S/C12H19F2N3O/c1-8-9(6-16-12(2,3)4)5-15-11(17-8)18-7-10(13)14/h5,10,16H,6-7H2,1-4H3. The summed E-state index contributed by atoms with van der Waals surface area (Å²) >= 11 is 0. The summed E-state index contributed by atoms with van der Waals surface area (Å²) in [5.74, 6) is 0. The van der Waals surface area contributed by atoms with Crippen molar-refractivity contribution in [3.8, 4) is 6.01 Å². The molecule has 6 heteroatoms. The molecular weight excluding hydrogens is 240 g/mol. The Bertz CT molecular complexity index is 391. The van der Waals surface area contributed by atoms with E-state index in [1.54, 1.807) is 13.1 Å². The van der Waals surface area contributed by atoms with Crippen molar-refractivity contribution in [2.45, 2.75) is 46.2 Å². The molecule has 1 heterocycles. The minimum absolute atomic E-state index is 0.00269. The van der Waals surface area contributed by atoms with E-state index < -0.39 is 13.0 Å². The second-order valence-corrected chi connectivity index (χ2v) is 5.07. The third-order valence-electron chi connectivity index (χ3n) is 2.21. The lowest BCUT2D eigenvalue weighted by Crippen LogP contribution is -2.35. The van der Waals surface area contributed by atoms with E-state index in [0.717, 1.165) is 11.3 Å². The molecule has 0 aliphatic rings. The molecule has 0 aliphatic heterocycles. The molecule has 1 N–H and O–H groups in total. The van der Waals surface area contributed by atoms with Gasteiger partial charge in [-0.2, -0.15) is 0 Å². The second-order valence-electron chi connectivity index (χ2n) is 5.07. The maximum atomic E-state index is 12.0. The maximum Gasteiger partial charge on any atom is 0.316 e. The third-order valence-corrected chi connectivity index (χ3v) is 2.21. The zero-order valence-corrected chi connectivity index (χ0v) is 11.1. The average molecular weight is 259 g/mol. The molecule has 0 aliphatic carbocycles. The van der Waals surface area contributed by atoms with Crippen molar-refractivity contribution in [3.05, 3.63) is 17.5 Å². The van der Waals surface area contributed by atoms with Gasteiger partial charge in [0.05, 0.1) is 0 Å². The summed E-state index contributed by atoms with van der Waals surface area (Å²) in [7, 11) is 0. The monoisotopic (exact) mass is 259 g/mol. The van der Waals surface area contributed by atoms with Crippen molar-refractivity contribution in [1.82, 2.24) is 15.3 Å². The first kappa shape index (κ1) is 14.8. The highest BCUT2D eigenvalue weighted by Crippen LogP contribution is 2.11. The number of aromatic nitrogens is 2. The largest absolute Gasteiger partial charge is 0.457 e. The predicted octanol–water partition coefficient (Wildman–Crippen LogP) is 2.32. The van der Waals surface area contributed by atoms with E-state index in [-0.39, 0.29) is 11.5 Å². The molecule has 1 aromatic rings. The fourth-order valence-corrected chi connectivity index (χ4v) is 1.21. The molecule has 0 fully saturated rings. The Morgan fingerprint density at radius 3 is 2.56 bits per heavy atom. The number of nitrogens with zero attached hydrogens (tertiary/aromatic N) is 2. The molecule has 1 aromatic heterocycles. The van der Waals surface area contributed by atoms with Crippen molar-refractivity contribution in [2.24, 2.45) is 0 Å². The third kappa shape index (κ3) is 5.35. The molecule has 0 radical (unpaired) electrons. The molecule has 0 bridgehead atoms. The number of alkyl halides is 2. The number of hydrogen-bond donors (Lipinski definition) is 1. The summed E-state index contributed by atoms with van der Waals surface area (Å²) in [4.78, 5) is 7.94. The molecule has 102 valence electrons. The van der Waals surface area contributed by atoms with Gasteiger partial charge in [0.2, 0.25) is 0 Å². The van der Waals surface area contributed by atoms with E-state index in [9.17, 15) is 8.78 Å². The Balaban J connectivity index is 2.62. The molecule has 0 spiro atoms. The van der Waals surface area contributed by atoms with Crippen LogP contribution >= 0.6 is 0 Å². The lowest BCUT2D eigenvalue weighted by molar-refractivity contribution is 0.0768. The van der Waals surface area contributed by atoms with Gasteiger partial charge in [-0.1, -0.05) is 0 Å². The first-order chi connectivity index (χ1) is 8.28. The van der Waals surface area contributed by atoms with Gasteiger partial charge in [-0.25, -0.2) is 18.7 Å². The molecule has 0 unspecified atom stereocenters. The minimum Gasteiger partial charge on any atom is -0.457 e. The fraction of sp³-hybridized carbons (Fsp3) is 0.667. The normalized spacial score (nSPS) is 11.9. The van der Waals surface area contributed by atoms with Crippen molar-refractivity contribution in [2.75, 3.05) is 6.61 Å². The second kappa shape index (κ2) is 6.04. The summed E-state index contributed by atoms with van der Waals surface area (Å²) in [6, 6.07) is -0.00712. The van der Waals surface area contributed by atoms with Crippen molar-refractivity contribution >= 4 is 0 Å². The van der Waals surface area contributed by atoms with Gasteiger partial charge < -0.3 is 10.1 Å². The average Bonchev–Trinajstić information content (AvgIpc) is 2.23. The highest BCUT2D eigenvalue weighted by molar-refractivity contribution is 5.17. The van der Waals surface area contributed by atoms with E-state index in [0.29, 0.717) is 6.54 Å². The van der Waals surface area contributed by atoms with Crippen LogP contribution in [0.1, 0.15) is 32.0 Å². The van der Waals surface area contributed by atoms with Gasteiger partial charge >= 0.3 is 6.01 Å². The number of aryl methyl sites for hydroxylation is 1. The summed E-state index contributed by atoms with van der Waals surface area (Å²) in [5.41, 5.74) is 1.65. The minimum atomic E-state index is -2.52. The highest BCUT2D eigenvalue weighted by Gasteiger charge is 2.11. The van der Waals surface area contributed by atoms with Crippen LogP contribution in [0.3, 0.4) is 0 Å². The van der Waals surface area contributed by atoms with Gasteiger partial charge in [0, 0.05) is 29.5 Å². The molecule has 0 saturated heterocycles. The number of ether oxygens (including phenoxy) is 1. The first-order valence-electron chi connectivity index (χ1n) is 5.76. The zero-order valence-electron chi connectivity index (χ0n) is 11.1. The van der Waals surface area contributed by atoms with Crippen LogP contribution in [0.5, 0.6) is 6.01 Å². The summed E-state index contributed by atoms with van der Waals surface area (Å²) < 4.78 is 28.7. The fourth-order valence-electron chi connectivity index (χ4n) is 1.21. The maximum absolute atomic E-state index is 12.0. The van der Waals surface area contributed by atoms with Crippen LogP contribution in [-0.4, -0.2) is 28.5 Å². The van der Waals surface area contributed by atoms with Crippen molar-refractivity contribution in [3.63, 3.8) is 0 Å². The lowest BCUT2D eigenvalue weighted by atomic mass is 10.1. The Hall–Kier alpha value is -1.30. The molecule has 1 rings (SSSR count). The van der Waals surface area contributed by atoms with E-state index in [2.05, 4.69) is 36.1 Å². The molecule has 0 saturated carbocycles. The molecule has 0 atom stereocenters. The van der Waals surface area contributed by atoms with Gasteiger partial charge in [0.15, 0.2) is 6.61 Å². The van der Waals surface area contributed by atoms with E-state index in [1.165, 1.54) is 0 Å². The van der Waals surface area contributed by atoms with Crippen LogP contribution in [0.2, 0.25) is 0 Å². The van der Waals surface area contributed by atoms with Crippen molar-refractivity contribution < 1.29 is 13.5 Å². The Kier molecular flexibility index (Phi) is 4.95. The lowest BCUT2D eigenvalue weighted by Gasteiger charge is -2.20. The highest BCUT2D eigenvalue weighted by atomic mass is 19.3. The molecule has 4 nitrogen and oxygen atoms in total. The SMILES string of the molecule is Cc1nc(OCC(F)F)ncc1CNC(C)(C)C. The smallest absolute Gasteiger partial charge is 0.316 e. The number of nitrogens with one attached hydrogen (secondary N) is 1. The number of rotatable bonds is 5. The van der Waals surface area contributed by atoms with Gasteiger partial charge in [0.25, 0.3) is 6.43 Å².